The molecule has 138 valence electrons. The summed E-state index contributed by atoms with van der Waals surface area (Å²) in [6.07, 6.45) is 0. The molecule has 0 saturated heterocycles. The van der Waals surface area contributed by atoms with E-state index in [1.54, 1.807) is 19.1 Å². The summed E-state index contributed by atoms with van der Waals surface area (Å²) in [5.41, 5.74) is 1.04. The molecule has 0 heterocycles. The van der Waals surface area contributed by atoms with Crippen LogP contribution in [0.5, 0.6) is 5.75 Å². The molecule has 5 nitrogen and oxygen atoms in total. The van der Waals surface area contributed by atoms with Crippen molar-refractivity contribution >= 4 is 11.8 Å². The van der Waals surface area contributed by atoms with Crippen molar-refractivity contribution < 1.29 is 14.3 Å². The Morgan fingerprint density at radius 3 is 2.04 bits per heavy atom. The highest BCUT2D eigenvalue weighted by atomic mass is 16.5. The largest absolute Gasteiger partial charge is 0.484 e. The number of nitrogens with one attached hydrogen (secondary N) is 2. The van der Waals surface area contributed by atoms with E-state index in [0.717, 1.165) is 5.56 Å². The zero-order valence-corrected chi connectivity index (χ0v) is 15.4. The third-order valence-electron chi connectivity index (χ3n) is 4.01. The van der Waals surface area contributed by atoms with Gasteiger partial charge in [-0.15, -0.1) is 0 Å². The summed E-state index contributed by atoms with van der Waals surface area (Å²) in [4.78, 5) is 24.5. The third-order valence-corrected chi connectivity index (χ3v) is 4.01. The molecule has 2 rings (SSSR count). The van der Waals surface area contributed by atoms with Crippen LogP contribution < -0.4 is 15.4 Å². The van der Waals surface area contributed by atoms with Crippen LogP contribution >= 0.6 is 0 Å². The van der Waals surface area contributed by atoms with Crippen LogP contribution in [0.4, 0.5) is 0 Å². The summed E-state index contributed by atoms with van der Waals surface area (Å²) in [6, 6.07) is 18.1. The second-order valence-electron chi connectivity index (χ2n) is 6.53. The molecule has 2 unspecified atom stereocenters. The Kier molecular flexibility index (Phi) is 7.21. The number of carbonyl (C=O) groups is 2. The number of amides is 2. The van der Waals surface area contributed by atoms with Crippen LogP contribution in [0.2, 0.25) is 0 Å². The molecule has 2 aromatic rings. The van der Waals surface area contributed by atoms with Crippen LogP contribution in [0, 0.1) is 5.92 Å². The van der Waals surface area contributed by atoms with Gasteiger partial charge in [-0.2, -0.15) is 0 Å². The molecule has 5 heteroatoms. The fraction of sp³-hybridized carbons (Fsp3) is 0.333. The first-order valence-electron chi connectivity index (χ1n) is 8.80. The standard InChI is InChI=1S/C21H26N2O3/c1-15(2)20(17-10-6-4-7-11-17)23-21(25)16(3)22-19(24)14-26-18-12-8-5-9-13-18/h4-13,15-16,20H,14H2,1-3H3,(H,22,24)(H,23,25). The van der Waals surface area contributed by atoms with E-state index in [9.17, 15) is 9.59 Å². The molecule has 0 aliphatic heterocycles. The lowest BCUT2D eigenvalue weighted by atomic mass is 9.96. The van der Waals surface area contributed by atoms with Gasteiger partial charge in [0.05, 0.1) is 6.04 Å². The summed E-state index contributed by atoms with van der Waals surface area (Å²) in [5, 5.41) is 5.69. The average molecular weight is 354 g/mol. The SMILES string of the molecule is CC(NC(=O)COc1ccccc1)C(=O)NC(c1ccccc1)C(C)C. The Balaban J connectivity index is 1.86. The maximum absolute atomic E-state index is 12.5. The molecule has 2 atom stereocenters. The molecule has 2 amide bonds. The van der Waals surface area contributed by atoms with Crippen LogP contribution in [-0.2, 0) is 9.59 Å². The van der Waals surface area contributed by atoms with Crippen molar-refractivity contribution in [2.75, 3.05) is 6.61 Å². The van der Waals surface area contributed by atoms with E-state index in [4.69, 9.17) is 4.74 Å². The van der Waals surface area contributed by atoms with Crippen LogP contribution in [0.1, 0.15) is 32.4 Å². The van der Waals surface area contributed by atoms with Gasteiger partial charge in [0.15, 0.2) is 6.61 Å². The van der Waals surface area contributed by atoms with Gasteiger partial charge in [-0.25, -0.2) is 0 Å². The Labute approximate surface area is 154 Å². The van der Waals surface area contributed by atoms with E-state index in [0.29, 0.717) is 5.75 Å². The summed E-state index contributed by atoms with van der Waals surface area (Å²) in [7, 11) is 0. The van der Waals surface area contributed by atoms with Gasteiger partial charge in [0.25, 0.3) is 5.91 Å². The molecule has 0 radical (unpaired) electrons. The molecule has 0 saturated carbocycles. The van der Waals surface area contributed by atoms with Crippen LogP contribution in [0.3, 0.4) is 0 Å². The second kappa shape index (κ2) is 9.61. The molecule has 0 spiro atoms. The number of para-hydroxylation sites is 1. The minimum atomic E-state index is -0.646. The van der Waals surface area contributed by atoms with Gasteiger partial charge < -0.3 is 15.4 Å². The molecule has 0 aliphatic carbocycles. The minimum absolute atomic E-state index is 0.108. The highest BCUT2D eigenvalue weighted by Crippen LogP contribution is 2.21. The number of carbonyl (C=O) groups excluding carboxylic acids is 2. The quantitative estimate of drug-likeness (QED) is 0.765. The third kappa shape index (κ3) is 5.92. The number of benzene rings is 2. The lowest BCUT2D eigenvalue weighted by Gasteiger charge is -2.25. The zero-order valence-electron chi connectivity index (χ0n) is 15.4. The molecule has 0 fully saturated rings. The van der Waals surface area contributed by atoms with Crippen molar-refractivity contribution in [1.29, 1.82) is 0 Å². The van der Waals surface area contributed by atoms with Crippen LogP contribution in [0.25, 0.3) is 0 Å². The summed E-state index contributed by atoms with van der Waals surface area (Å²) in [6.45, 7) is 5.63. The molecule has 2 aromatic carbocycles. The van der Waals surface area contributed by atoms with Crippen LogP contribution in [-0.4, -0.2) is 24.5 Å². The van der Waals surface area contributed by atoms with Crippen molar-refractivity contribution in [1.82, 2.24) is 10.6 Å². The fourth-order valence-electron chi connectivity index (χ4n) is 2.59. The molecular formula is C21H26N2O3. The van der Waals surface area contributed by atoms with Gasteiger partial charge in [0.2, 0.25) is 5.91 Å². The first-order chi connectivity index (χ1) is 12.5. The van der Waals surface area contributed by atoms with Crippen molar-refractivity contribution in [2.24, 2.45) is 5.92 Å². The molecule has 0 aliphatic rings. The molecule has 0 aromatic heterocycles. The van der Waals surface area contributed by atoms with E-state index in [2.05, 4.69) is 24.5 Å². The predicted octanol–water partition coefficient (Wildman–Crippen LogP) is 3.08. The van der Waals surface area contributed by atoms with Crippen molar-refractivity contribution in [2.45, 2.75) is 32.9 Å². The molecule has 26 heavy (non-hydrogen) atoms. The average Bonchev–Trinajstić information content (AvgIpc) is 2.65. The van der Waals surface area contributed by atoms with Gasteiger partial charge in [0.1, 0.15) is 11.8 Å². The minimum Gasteiger partial charge on any atom is -0.484 e. The topological polar surface area (TPSA) is 67.4 Å². The van der Waals surface area contributed by atoms with Gasteiger partial charge in [-0.1, -0.05) is 62.4 Å². The first kappa shape index (κ1) is 19.5. The monoisotopic (exact) mass is 354 g/mol. The lowest BCUT2D eigenvalue weighted by Crippen LogP contribution is -2.47. The molecular weight excluding hydrogens is 328 g/mol. The highest BCUT2D eigenvalue weighted by Gasteiger charge is 2.22. The van der Waals surface area contributed by atoms with E-state index < -0.39 is 6.04 Å². The van der Waals surface area contributed by atoms with E-state index in [-0.39, 0.29) is 30.4 Å². The Morgan fingerprint density at radius 2 is 1.46 bits per heavy atom. The normalized spacial score (nSPS) is 12.9. The number of ether oxygens (including phenoxy) is 1. The number of hydrogen-bond donors (Lipinski definition) is 2. The maximum Gasteiger partial charge on any atom is 0.258 e. The number of rotatable bonds is 8. The maximum atomic E-state index is 12.5. The fourth-order valence-corrected chi connectivity index (χ4v) is 2.59. The zero-order chi connectivity index (χ0) is 18.9. The van der Waals surface area contributed by atoms with E-state index in [1.807, 2.05) is 48.5 Å². The Morgan fingerprint density at radius 1 is 0.885 bits per heavy atom. The van der Waals surface area contributed by atoms with Crippen molar-refractivity contribution in [3.05, 3.63) is 66.2 Å². The van der Waals surface area contributed by atoms with Crippen LogP contribution in [0.15, 0.2) is 60.7 Å². The van der Waals surface area contributed by atoms with Gasteiger partial charge in [-0.05, 0) is 30.5 Å². The Bertz CT molecular complexity index is 702. The second-order valence-corrected chi connectivity index (χ2v) is 6.53. The predicted molar refractivity (Wildman–Crippen MR) is 102 cm³/mol. The Hall–Kier alpha value is -2.82. The van der Waals surface area contributed by atoms with E-state index >= 15 is 0 Å². The molecule has 0 bridgehead atoms. The summed E-state index contributed by atoms with van der Waals surface area (Å²) in [5.74, 6) is 0.285. The van der Waals surface area contributed by atoms with Gasteiger partial charge in [0, 0.05) is 0 Å². The van der Waals surface area contributed by atoms with Gasteiger partial charge >= 0.3 is 0 Å². The summed E-state index contributed by atoms with van der Waals surface area (Å²) >= 11 is 0. The van der Waals surface area contributed by atoms with E-state index in [1.165, 1.54) is 0 Å². The lowest BCUT2D eigenvalue weighted by molar-refractivity contribution is -0.130. The highest BCUT2D eigenvalue weighted by molar-refractivity contribution is 5.88. The molecule has 2 N–H and O–H groups in total. The summed E-state index contributed by atoms with van der Waals surface area (Å²) < 4.78 is 5.39. The van der Waals surface area contributed by atoms with Crippen molar-refractivity contribution in [3.8, 4) is 5.75 Å². The van der Waals surface area contributed by atoms with Crippen molar-refractivity contribution in [3.63, 3.8) is 0 Å². The first-order valence-corrected chi connectivity index (χ1v) is 8.80. The van der Waals surface area contributed by atoms with Gasteiger partial charge in [-0.3, -0.25) is 9.59 Å². The smallest absolute Gasteiger partial charge is 0.258 e. The number of hydrogen-bond acceptors (Lipinski definition) is 3.